The number of Topliss-reactive ketones (excluding diaryl/α,β-unsaturated/α-hetero) is 1. The van der Waals surface area contributed by atoms with Crippen LogP contribution in [-0.4, -0.2) is 28.4 Å². The lowest BCUT2D eigenvalue weighted by Gasteiger charge is -2.16. The summed E-state index contributed by atoms with van der Waals surface area (Å²) in [6, 6.07) is 9.28. The highest BCUT2D eigenvalue weighted by molar-refractivity contribution is 7.19. The van der Waals surface area contributed by atoms with E-state index in [2.05, 4.69) is 15.5 Å². The molecule has 0 fully saturated rings. The molecule has 2 rings (SSSR count). The van der Waals surface area contributed by atoms with Crippen molar-refractivity contribution in [2.75, 3.05) is 16.8 Å². The quantitative estimate of drug-likeness (QED) is 0.888. The van der Waals surface area contributed by atoms with Gasteiger partial charge in [-0.3, -0.25) is 14.5 Å². The maximum absolute atomic E-state index is 11.9. The number of carbonyl (C=O) groups is 2. The number of nitrogens with zero attached hydrogens (tertiary/aromatic N) is 3. The van der Waals surface area contributed by atoms with Crippen molar-refractivity contribution in [1.29, 1.82) is 0 Å². The predicted molar refractivity (Wildman–Crippen MR) is 83.0 cm³/mol. The third-order valence-corrected chi connectivity index (χ3v) is 3.55. The Morgan fingerprint density at radius 2 is 1.90 bits per heavy atom. The minimum absolute atomic E-state index is 0.113. The van der Waals surface area contributed by atoms with Gasteiger partial charge in [-0.1, -0.05) is 29.5 Å². The molecule has 21 heavy (non-hydrogen) atoms. The van der Waals surface area contributed by atoms with Crippen molar-refractivity contribution in [3.05, 3.63) is 30.3 Å². The molecule has 2 aromatic rings. The molecule has 0 aliphatic heterocycles. The third-order valence-electron chi connectivity index (χ3n) is 2.69. The molecule has 0 aliphatic carbocycles. The van der Waals surface area contributed by atoms with Gasteiger partial charge in [-0.05, 0) is 19.1 Å². The SMILES string of the molecule is CC(=O)CCNc1nnc(N(C(C)=O)c2ccccc2)s1. The number of nitrogens with one attached hydrogen (secondary N) is 1. The van der Waals surface area contributed by atoms with Gasteiger partial charge >= 0.3 is 0 Å². The summed E-state index contributed by atoms with van der Waals surface area (Å²) in [6.07, 6.45) is 0.435. The Balaban J connectivity index is 2.13. The second-order valence-corrected chi connectivity index (χ2v) is 5.41. The summed E-state index contributed by atoms with van der Waals surface area (Å²) < 4.78 is 0. The number of benzene rings is 1. The molecule has 0 spiro atoms. The van der Waals surface area contributed by atoms with E-state index in [4.69, 9.17) is 0 Å². The lowest BCUT2D eigenvalue weighted by molar-refractivity contribution is -0.117. The van der Waals surface area contributed by atoms with Gasteiger partial charge in [0.1, 0.15) is 5.78 Å². The van der Waals surface area contributed by atoms with Crippen LogP contribution in [0.15, 0.2) is 30.3 Å². The number of rotatable bonds is 6. The van der Waals surface area contributed by atoms with E-state index in [-0.39, 0.29) is 11.7 Å². The normalized spacial score (nSPS) is 10.2. The number of hydrogen-bond acceptors (Lipinski definition) is 6. The minimum Gasteiger partial charge on any atom is -0.360 e. The van der Waals surface area contributed by atoms with Crippen molar-refractivity contribution in [1.82, 2.24) is 10.2 Å². The summed E-state index contributed by atoms with van der Waals surface area (Å²) in [5.41, 5.74) is 0.747. The molecule has 1 heterocycles. The number of aromatic nitrogens is 2. The summed E-state index contributed by atoms with van der Waals surface area (Å²) >= 11 is 1.28. The van der Waals surface area contributed by atoms with E-state index in [0.29, 0.717) is 23.2 Å². The van der Waals surface area contributed by atoms with Crippen molar-refractivity contribution in [3.8, 4) is 0 Å². The van der Waals surface area contributed by atoms with Crippen LogP contribution in [0.4, 0.5) is 16.0 Å². The van der Waals surface area contributed by atoms with E-state index in [1.807, 2.05) is 30.3 Å². The van der Waals surface area contributed by atoms with Crippen LogP contribution in [0, 0.1) is 0 Å². The summed E-state index contributed by atoms with van der Waals surface area (Å²) in [6.45, 7) is 3.53. The second-order valence-electron chi connectivity index (χ2n) is 4.46. The van der Waals surface area contributed by atoms with E-state index in [9.17, 15) is 9.59 Å². The molecular formula is C14H16N4O2S. The lowest BCUT2D eigenvalue weighted by Crippen LogP contribution is -2.22. The number of ketones is 1. The summed E-state index contributed by atoms with van der Waals surface area (Å²) in [5.74, 6) is -0.0190. The van der Waals surface area contributed by atoms with E-state index in [0.717, 1.165) is 5.69 Å². The first kappa shape index (κ1) is 15.1. The van der Waals surface area contributed by atoms with Crippen LogP contribution < -0.4 is 10.2 Å². The van der Waals surface area contributed by atoms with Crippen LogP contribution in [-0.2, 0) is 9.59 Å². The predicted octanol–water partition coefficient (Wildman–Crippen LogP) is 2.61. The van der Waals surface area contributed by atoms with Crippen molar-refractivity contribution in [2.45, 2.75) is 20.3 Å². The van der Waals surface area contributed by atoms with E-state index >= 15 is 0 Å². The number of carbonyl (C=O) groups excluding carboxylic acids is 2. The van der Waals surface area contributed by atoms with Gasteiger partial charge in [-0.2, -0.15) is 0 Å². The zero-order valence-corrected chi connectivity index (χ0v) is 12.7. The molecule has 1 amide bonds. The van der Waals surface area contributed by atoms with Crippen LogP contribution >= 0.6 is 11.3 Å². The molecule has 1 N–H and O–H groups in total. The fourth-order valence-corrected chi connectivity index (χ4v) is 2.56. The highest BCUT2D eigenvalue weighted by Gasteiger charge is 2.18. The fraction of sp³-hybridized carbons (Fsp3) is 0.286. The first-order chi connectivity index (χ1) is 10.1. The molecule has 7 heteroatoms. The third kappa shape index (κ3) is 4.09. The molecular weight excluding hydrogens is 288 g/mol. The summed E-state index contributed by atoms with van der Waals surface area (Å²) in [4.78, 5) is 24.3. The molecule has 6 nitrogen and oxygen atoms in total. The highest BCUT2D eigenvalue weighted by atomic mass is 32.1. The molecule has 0 saturated carbocycles. The standard InChI is InChI=1S/C14H16N4O2S/c1-10(19)8-9-15-13-16-17-14(21-13)18(11(2)20)12-6-4-3-5-7-12/h3-7H,8-9H2,1-2H3,(H,15,16). The molecule has 110 valence electrons. The number of para-hydroxylation sites is 1. The maximum atomic E-state index is 11.9. The van der Waals surface area contributed by atoms with E-state index < -0.39 is 0 Å². The zero-order valence-electron chi connectivity index (χ0n) is 11.9. The van der Waals surface area contributed by atoms with Gasteiger partial charge in [-0.25, -0.2) is 0 Å². The zero-order chi connectivity index (χ0) is 15.2. The van der Waals surface area contributed by atoms with Gasteiger partial charge < -0.3 is 5.32 Å². The van der Waals surface area contributed by atoms with E-state index in [1.54, 1.807) is 6.92 Å². The van der Waals surface area contributed by atoms with Gasteiger partial charge in [0, 0.05) is 19.9 Å². The Morgan fingerprint density at radius 1 is 1.19 bits per heavy atom. The molecule has 1 aromatic heterocycles. The maximum Gasteiger partial charge on any atom is 0.230 e. The molecule has 0 atom stereocenters. The Kier molecular flexibility index (Phi) is 4.99. The van der Waals surface area contributed by atoms with Crippen LogP contribution in [0.25, 0.3) is 0 Å². The first-order valence-corrected chi connectivity index (χ1v) is 7.32. The average Bonchev–Trinajstić information content (AvgIpc) is 2.88. The van der Waals surface area contributed by atoms with Crippen LogP contribution in [0.3, 0.4) is 0 Å². The van der Waals surface area contributed by atoms with Crippen LogP contribution in [0.1, 0.15) is 20.3 Å². The Morgan fingerprint density at radius 3 is 2.52 bits per heavy atom. The smallest absolute Gasteiger partial charge is 0.230 e. The molecule has 0 radical (unpaired) electrons. The average molecular weight is 304 g/mol. The van der Waals surface area contributed by atoms with Gasteiger partial charge in [0.25, 0.3) is 0 Å². The number of hydrogen-bond donors (Lipinski definition) is 1. The summed E-state index contributed by atoms with van der Waals surface area (Å²) in [5, 5.41) is 12.2. The highest BCUT2D eigenvalue weighted by Crippen LogP contribution is 2.30. The van der Waals surface area contributed by atoms with Gasteiger partial charge in [-0.15, -0.1) is 10.2 Å². The molecule has 0 unspecified atom stereocenters. The van der Waals surface area contributed by atoms with Crippen molar-refractivity contribution in [3.63, 3.8) is 0 Å². The van der Waals surface area contributed by atoms with E-state index in [1.165, 1.54) is 23.2 Å². The lowest BCUT2D eigenvalue weighted by atomic mass is 10.3. The molecule has 0 aliphatic rings. The van der Waals surface area contributed by atoms with Gasteiger partial charge in [0.15, 0.2) is 0 Å². The Hall–Kier alpha value is -2.28. The Labute approximate surface area is 126 Å². The van der Waals surface area contributed by atoms with Crippen molar-refractivity contribution < 1.29 is 9.59 Å². The second kappa shape index (κ2) is 6.94. The van der Waals surface area contributed by atoms with Crippen LogP contribution in [0.2, 0.25) is 0 Å². The first-order valence-electron chi connectivity index (χ1n) is 6.50. The van der Waals surface area contributed by atoms with Crippen LogP contribution in [0.5, 0.6) is 0 Å². The summed E-state index contributed by atoms with van der Waals surface area (Å²) in [7, 11) is 0. The van der Waals surface area contributed by atoms with Gasteiger partial charge in [0.2, 0.25) is 16.2 Å². The Bertz CT molecular complexity index is 627. The molecule has 0 saturated heterocycles. The van der Waals surface area contributed by atoms with Crippen molar-refractivity contribution >= 4 is 39.0 Å². The number of amides is 1. The van der Waals surface area contributed by atoms with Gasteiger partial charge in [0.05, 0.1) is 5.69 Å². The van der Waals surface area contributed by atoms with Crippen molar-refractivity contribution in [2.24, 2.45) is 0 Å². The molecule has 0 bridgehead atoms. The number of anilines is 3. The minimum atomic E-state index is -0.132. The topological polar surface area (TPSA) is 75.2 Å². The monoisotopic (exact) mass is 304 g/mol. The molecule has 1 aromatic carbocycles. The largest absolute Gasteiger partial charge is 0.360 e. The fourth-order valence-electron chi connectivity index (χ4n) is 1.73.